The van der Waals surface area contributed by atoms with Crippen LogP contribution in [0.3, 0.4) is 0 Å². The Morgan fingerprint density at radius 3 is 2.94 bits per heavy atom. The number of nitrogens with zero attached hydrogens (tertiary/aromatic N) is 1. The van der Waals surface area contributed by atoms with Crippen LogP contribution in [0, 0.1) is 5.82 Å². The molecule has 1 fully saturated rings. The van der Waals surface area contributed by atoms with Gasteiger partial charge in [-0.05, 0) is 42.8 Å². The topological polar surface area (TPSA) is 29.3 Å². The number of thioether (sulfide) groups is 1. The highest BCUT2D eigenvalue weighted by atomic mass is 32.2. The van der Waals surface area contributed by atoms with E-state index >= 15 is 0 Å². The van der Waals surface area contributed by atoms with Crippen molar-refractivity contribution in [2.75, 3.05) is 36.0 Å². The fraction of sp³-hybridized carbons (Fsp3) is 0.538. The summed E-state index contributed by atoms with van der Waals surface area (Å²) >= 11 is 1.95. The molecule has 2 nitrogen and oxygen atoms in total. The average Bonchev–Trinajstić information content (AvgIpc) is 2.58. The zero-order valence-corrected chi connectivity index (χ0v) is 10.8. The highest BCUT2D eigenvalue weighted by Gasteiger charge is 2.14. The van der Waals surface area contributed by atoms with Gasteiger partial charge in [-0.1, -0.05) is 6.07 Å². The third-order valence-electron chi connectivity index (χ3n) is 3.01. The van der Waals surface area contributed by atoms with E-state index in [0.29, 0.717) is 6.54 Å². The number of anilines is 1. The van der Waals surface area contributed by atoms with Gasteiger partial charge in [0, 0.05) is 18.8 Å². The molecule has 1 aliphatic heterocycles. The van der Waals surface area contributed by atoms with Crippen molar-refractivity contribution in [1.29, 1.82) is 0 Å². The quantitative estimate of drug-likeness (QED) is 0.897. The zero-order valence-electron chi connectivity index (χ0n) is 9.99. The van der Waals surface area contributed by atoms with E-state index in [1.165, 1.54) is 5.75 Å². The maximum atomic E-state index is 14.0. The van der Waals surface area contributed by atoms with Gasteiger partial charge in [-0.3, -0.25) is 0 Å². The molecule has 1 aromatic carbocycles. The molecule has 0 radical (unpaired) electrons. The number of rotatable bonds is 3. The van der Waals surface area contributed by atoms with Crippen molar-refractivity contribution in [3.8, 4) is 0 Å². The fourth-order valence-electron chi connectivity index (χ4n) is 2.12. The van der Waals surface area contributed by atoms with Crippen LogP contribution in [0.1, 0.15) is 12.0 Å². The number of hydrogen-bond acceptors (Lipinski definition) is 3. The van der Waals surface area contributed by atoms with Gasteiger partial charge in [0.25, 0.3) is 0 Å². The first-order chi connectivity index (χ1) is 8.31. The Balaban J connectivity index is 2.14. The lowest BCUT2D eigenvalue weighted by Gasteiger charge is -2.23. The molecule has 0 bridgehead atoms. The van der Waals surface area contributed by atoms with Crippen molar-refractivity contribution in [2.45, 2.75) is 12.8 Å². The second kappa shape index (κ2) is 6.26. The molecule has 1 saturated heterocycles. The average molecular weight is 254 g/mol. The van der Waals surface area contributed by atoms with Gasteiger partial charge in [0.05, 0.1) is 5.69 Å². The molecule has 1 aromatic rings. The third-order valence-corrected chi connectivity index (χ3v) is 4.06. The summed E-state index contributed by atoms with van der Waals surface area (Å²) in [6, 6.07) is 5.51. The van der Waals surface area contributed by atoms with Crippen molar-refractivity contribution < 1.29 is 4.39 Å². The minimum Gasteiger partial charge on any atom is -0.368 e. The minimum absolute atomic E-state index is 0.108. The molecule has 1 heterocycles. The molecule has 94 valence electrons. The molecule has 0 unspecified atom stereocenters. The SMILES string of the molecule is NCCc1ccc(N2CCCSCC2)c(F)c1. The summed E-state index contributed by atoms with van der Waals surface area (Å²) in [6.07, 6.45) is 1.88. The second-order valence-corrected chi connectivity index (χ2v) is 5.50. The van der Waals surface area contributed by atoms with Crippen molar-refractivity contribution in [3.63, 3.8) is 0 Å². The lowest BCUT2D eigenvalue weighted by Crippen LogP contribution is -2.26. The van der Waals surface area contributed by atoms with Crippen LogP contribution in [0.4, 0.5) is 10.1 Å². The maximum Gasteiger partial charge on any atom is 0.146 e. The summed E-state index contributed by atoms with van der Waals surface area (Å²) in [4.78, 5) is 2.15. The highest BCUT2D eigenvalue weighted by Crippen LogP contribution is 2.23. The standard InChI is InChI=1S/C13H19FN2S/c14-12-10-11(4-5-15)2-3-13(12)16-6-1-8-17-9-7-16/h2-3,10H,1,4-9,15H2. The second-order valence-electron chi connectivity index (χ2n) is 4.28. The van der Waals surface area contributed by atoms with E-state index in [2.05, 4.69) is 4.90 Å². The van der Waals surface area contributed by atoms with Crippen molar-refractivity contribution >= 4 is 17.4 Å². The zero-order chi connectivity index (χ0) is 12.1. The smallest absolute Gasteiger partial charge is 0.146 e. The van der Waals surface area contributed by atoms with Gasteiger partial charge in [-0.25, -0.2) is 4.39 Å². The first-order valence-corrected chi connectivity index (χ1v) is 7.28. The Labute approximate surface area is 106 Å². The van der Waals surface area contributed by atoms with Crippen LogP contribution in [0.2, 0.25) is 0 Å². The summed E-state index contributed by atoms with van der Waals surface area (Å²) in [7, 11) is 0. The van der Waals surface area contributed by atoms with Gasteiger partial charge in [-0.15, -0.1) is 0 Å². The van der Waals surface area contributed by atoms with E-state index in [0.717, 1.165) is 42.9 Å². The molecular formula is C13H19FN2S. The van der Waals surface area contributed by atoms with Gasteiger partial charge in [-0.2, -0.15) is 11.8 Å². The molecular weight excluding hydrogens is 235 g/mol. The monoisotopic (exact) mass is 254 g/mol. The number of halogens is 1. The van der Waals surface area contributed by atoms with Gasteiger partial charge in [0.2, 0.25) is 0 Å². The van der Waals surface area contributed by atoms with E-state index in [4.69, 9.17) is 5.73 Å². The highest BCUT2D eigenvalue weighted by molar-refractivity contribution is 7.99. The molecule has 0 saturated carbocycles. The summed E-state index contributed by atoms with van der Waals surface area (Å²) in [5.41, 5.74) is 7.20. The van der Waals surface area contributed by atoms with Crippen molar-refractivity contribution in [3.05, 3.63) is 29.6 Å². The van der Waals surface area contributed by atoms with E-state index < -0.39 is 0 Å². The predicted molar refractivity (Wildman–Crippen MR) is 73.3 cm³/mol. The largest absolute Gasteiger partial charge is 0.368 e. The van der Waals surface area contributed by atoms with Gasteiger partial charge in [0.1, 0.15) is 5.82 Å². The van der Waals surface area contributed by atoms with Gasteiger partial charge in [0.15, 0.2) is 0 Å². The summed E-state index contributed by atoms with van der Waals surface area (Å²) < 4.78 is 14.0. The Morgan fingerprint density at radius 1 is 1.29 bits per heavy atom. The van der Waals surface area contributed by atoms with Crippen LogP contribution in [0.15, 0.2) is 18.2 Å². The van der Waals surface area contributed by atoms with Crippen LogP contribution < -0.4 is 10.6 Å². The summed E-state index contributed by atoms with van der Waals surface area (Å²) in [6.45, 7) is 2.47. The van der Waals surface area contributed by atoms with E-state index in [9.17, 15) is 4.39 Å². The van der Waals surface area contributed by atoms with Gasteiger partial charge >= 0.3 is 0 Å². The van der Waals surface area contributed by atoms with Crippen LogP contribution in [-0.2, 0) is 6.42 Å². The Hall–Kier alpha value is -0.740. The molecule has 17 heavy (non-hydrogen) atoms. The molecule has 2 N–H and O–H groups in total. The Morgan fingerprint density at radius 2 is 2.18 bits per heavy atom. The van der Waals surface area contributed by atoms with Crippen molar-refractivity contribution in [1.82, 2.24) is 0 Å². The lowest BCUT2D eigenvalue weighted by molar-refractivity contribution is 0.616. The molecule has 0 spiro atoms. The molecule has 0 aliphatic carbocycles. The predicted octanol–water partition coefficient (Wildman–Crippen LogP) is 2.27. The van der Waals surface area contributed by atoms with Crippen LogP contribution in [-0.4, -0.2) is 31.1 Å². The molecule has 0 amide bonds. The first kappa shape index (κ1) is 12.7. The number of hydrogen-bond donors (Lipinski definition) is 1. The lowest BCUT2D eigenvalue weighted by atomic mass is 10.1. The fourth-order valence-corrected chi connectivity index (χ4v) is 3.00. The number of nitrogens with two attached hydrogens (primary N) is 1. The summed E-state index contributed by atoms with van der Waals surface area (Å²) in [5.74, 6) is 2.16. The molecule has 0 atom stereocenters. The van der Waals surface area contributed by atoms with Crippen LogP contribution in [0.5, 0.6) is 0 Å². The molecule has 1 aliphatic rings. The van der Waals surface area contributed by atoms with Crippen LogP contribution >= 0.6 is 11.8 Å². The Kier molecular flexibility index (Phi) is 4.68. The van der Waals surface area contributed by atoms with E-state index in [-0.39, 0.29) is 5.82 Å². The molecule has 0 aromatic heterocycles. The molecule has 2 rings (SSSR count). The summed E-state index contributed by atoms with van der Waals surface area (Å²) in [5, 5.41) is 0. The maximum absolute atomic E-state index is 14.0. The molecule has 4 heteroatoms. The van der Waals surface area contributed by atoms with Gasteiger partial charge < -0.3 is 10.6 Å². The normalized spacial score (nSPS) is 16.9. The van der Waals surface area contributed by atoms with Crippen molar-refractivity contribution in [2.24, 2.45) is 5.73 Å². The van der Waals surface area contributed by atoms with E-state index in [1.807, 2.05) is 23.9 Å². The first-order valence-electron chi connectivity index (χ1n) is 6.12. The number of benzene rings is 1. The third kappa shape index (κ3) is 3.36. The Bertz CT molecular complexity index is 362. The minimum atomic E-state index is -0.108. The van der Waals surface area contributed by atoms with E-state index in [1.54, 1.807) is 6.07 Å². The van der Waals surface area contributed by atoms with Crippen LogP contribution in [0.25, 0.3) is 0 Å².